The number of hydrogen-bond donors (Lipinski definition) is 0. The number of fused-ring (bicyclic) bond motifs is 1. The number of hydrogen-bond acceptors (Lipinski definition) is 12. The summed E-state index contributed by atoms with van der Waals surface area (Å²) in [6.07, 6.45) is 1.75. The van der Waals surface area contributed by atoms with Gasteiger partial charge in [0.05, 0.1) is 64.0 Å². The van der Waals surface area contributed by atoms with Gasteiger partial charge in [0.2, 0.25) is 0 Å². The lowest BCUT2D eigenvalue weighted by molar-refractivity contribution is -0.143. The largest absolute Gasteiger partial charge is 0.490 e. The molecule has 52 heavy (non-hydrogen) atoms. The average molecular weight is 838 g/mol. The first-order chi connectivity index (χ1) is 25.1. The quantitative estimate of drug-likeness (QED) is 0.123. The molecule has 5 rings (SSSR count). The molecule has 0 spiro atoms. The van der Waals surface area contributed by atoms with Crippen molar-refractivity contribution in [2.45, 2.75) is 40.3 Å². The lowest BCUT2D eigenvalue weighted by atomic mass is 9.95. The van der Waals surface area contributed by atoms with E-state index in [4.69, 9.17) is 28.4 Å². The smallest absolute Gasteiger partial charge is 0.343 e. The van der Waals surface area contributed by atoms with Crippen LogP contribution in [-0.4, -0.2) is 50.0 Å². The van der Waals surface area contributed by atoms with Crippen LogP contribution in [0.5, 0.6) is 23.0 Å². The fourth-order valence-electron chi connectivity index (χ4n) is 5.52. The van der Waals surface area contributed by atoms with Crippen molar-refractivity contribution in [3.8, 4) is 29.1 Å². The van der Waals surface area contributed by atoms with E-state index >= 15 is 0 Å². The first-order valence-electron chi connectivity index (χ1n) is 16.4. The van der Waals surface area contributed by atoms with E-state index in [-0.39, 0.29) is 31.0 Å². The zero-order valence-electron chi connectivity index (χ0n) is 29.2. The number of thiazole rings is 1. The highest BCUT2D eigenvalue weighted by atomic mass is 127. The molecule has 1 aliphatic heterocycles. The Morgan fingerprint density at radius 3 is 2.44 bits per heavy atom. The van der Waals surface area contributed by atoms with Crippen molar-refractivity contribution in [3.63, 3.8) is 0 Å². The predicted molar refractivity (Wildman–Crippen MR) is 201 cm³/mol. The summed E-state index contributed by atoms with van der Waals surface area (Å²) in [4.78, 5) is 44.6. The maximum absolute atomic E-state index is 14.3. The van der Waals surface area contributed by atoms with Crippen LogP contribution >= 0.6 is 33.9 Å². The number of aromatic nitrogens is 1. The molecule has 0 saturated carbocycles. The van der Waals surface area contributed by atoms with Gasteiger partial charge in [0, 0.05) is 5.56 Å². The first-order valence-corrected chi connectivity index (χ1v) is 18.3. The van der Waals surface area contributed by atoms with E-state index in [1.54, 1.807) is 63.2 Å². The monoisotopic (exact) mass is 837 g/mol. The molecule has 270 valence electrons. The van der Waals surface area contributed by atoms with Crippen LogP contribution < -0.4 is 33.8 Å². The van der Waals surface area contributed by atoms with Crippen LogP contribution in [-0.2, 0) is 25.7 Å². The minimum Gasteiger partial charge on any atom is -0.490 e. The van der Waals surface area contributed by atoms with Crippen molar-refractivity contribution in [2.75, 3.05) is 33.5 Å². The van der Waals surface area contributed by atoms with Crippen LogP contribution in [0.2, 0.25) is 0 Å². The molecule has 0 unspecified atom stereocenters. The molecule has 0 amide bonds. The summed E-state index contributed by atoms with van der Waals surface area (Å²) in [6.45, 7) is 7.72. The van der Waals surface area contributed by atoms with E-state index < -0.39 is 18.0 Å². The molecule has 0 bridgehead atoms. The van der Waals surface area contributed by atoms with Crippen molar-refractivity contribution < 1.29 is 38.0 Å². The Kier molecular flexibility index (Phi) is 12.7. The van der Waals surface area contributed by atoms with Gasteiger partial charge in [-0.15, -0.1) is 0 Å². The van der Waals surface area contributed by atoms with E-state index in [0.29, 0.717) is 67.9 Å². The molecule has 1 atom stereocenters. The predicted octanol–water partition coefficient (Wildman–Crippen LogP) is 5.20. The molecular formula is C38H36IN3O9S. The summed E-state index contributed by atoms with van der Waals surface area (Å²) >= 11 is 3.35. The SMILES string of the molecule is CCOC(=O)C1=C(C)N=c2s/c(=C\c3cc(I)c(OCc4ccccc4C#N)c(OCC)c3)c(=O)n2[C@@H]1c1ccc(OCC(=O)OC)c(OCC)c1. The molecule has 0 radical (unpaired) electrons. The van der Waals surface area contributed by atoms with Gasteiger partial charge >= 0.3 is 11.9 Å². The van der Waals surface area contributed by atoms with Crippen LogP contribution in [0.15, 0.2) is 75.7 Å². The van der Waals surface area contributed by atoms with Gasteiger partial charge in [-0.3, -0.25) is 9.36 Å². The Hall–Kier alpha value is -5.14. The minimum absolute atomic E-state index is 0.128. The maximum atomic E-state index is 14.3. The number of esters is 2. The third-order valence-corrected chi connectivity index (χ3v) is 9.60. The molecule has 14 heteroatoms. The van der Waals surface area contributed by atoms with Crippen molar-refractivity contribution >= 4 is 51.9 Å². The van der Waals surface area contributed by atoms with E-state index in [1.165, 1.54) is 23.0 Å². The number of nitrogens with zero attached hydrogens (tertiary/aromatic N) is 3. The van der Waals surface area contributed by atoms with Gasteiger partial charge in [-0.05, 0) is 97.8 Å². The zero-order chi connectivity index (χ0) is 37.4. The second kappa shape index (κ2) is 17.4. The molecule has 0 fully saturated rings. The van der Waals surface area contributed by atoms with Crippen molar-refractivity contribution in [1.82, 2.24) is 4.57 Å². The number of nitriles is 1. The van der Waals surface area contributed by atoms with Gasteiger partial charge in [0.15, 0.2) is 34.4 Å². The van der Waals surface area contributed by atoms with Gasteiger partial charge in [-0.25, -0.2) is 14.6 Å². The molecule has 1 aliphatic rings. The summed E-state index contributed by atoms with van der Waals surface area (Å²) in [5.74, 6) is 0.458. The summed E-state index contributed by atoms with van der Waals surface area (Å²) in [5.41, 5.74) is 2.76. The van der Waals surface area contributed by atoms with E-state index in [9.17, 15) is 19.6 Å². The standard InChI is InChI=1S/C38H36IN3O9S/c1-6-47-29-18-24(13-14-28(29)50-21-32(43)46-5)34-33(37(45)49-8-3)22(4)41-38-42(34)36(44)31(52-38)17-23-15-27(39)35(30(16-23)48-7-2)51-20-26-12-10-9-11-25(26)19-40/h9-18,34H,6-8,20-21H2,1-5H3/b31-17-/t34-/m1/s1. The Morgan fingerprint density at radius 1 is 0.981 bits per heavy atom. The van der Waals surface area contributed by atoms with Crippen LogP contribution in [0.4, 0.5) is 0 Å². The number of benzene rings is 3. The Labute approximate surface area is 317 Å². The Bertz CT molecular complexity index is 2250. The Balaban J connectivity index is 1.60. The number of carbonyl (C=O) groups is 2. The second-order valence-electron chi connectivity index (χ2n) is 11.1. The molecule has 0 aliphatic carbocycles. The molecule has 4 aromatic rings. The fourth-order valence-corrected chi connectivity index (χ4v) is 7.34. The normalized spacial score (nSPS) is 13.8. The molecular weight excluding hydrogens is 801 g/mol. The van der Waals surface area contributed by atoms with Gasteiger partial charge in [-0.2, -0.15) is 5.26 Å². The number of ether oxygens (including phenoxy) is 6. The molecule has 3 aromatic carbocycles. The van der Waals surface area contributed by atoms with E-state index in [2.05, 4.69) is 33.7 Å². The summed E-state index contributed by atoms with van der Waals surface area (Å²) in [6, 6.07) is 17.2. The summed E-state index contributed by atoms with van der Waals surface area (Å²) in [7, 11) is 1.27. The van der Waals surface area contributed by atoms with E-state index in [0.717, 1.165) is 9.13 Å². The van der Waals surface area contributed by atoms with Crippen molar-refractivity contribution in [1.29, 1.82) is 5.26 Å². The van der Waals surface area contributed by atoms with Crippen molar-refractivity contribution in [2.24, 2.45) is 4.99 Å². The third-order valence-electron chi connectivity index (χ3n) is 7.81. The summed E-state index contributed by atoms with van der Waals surface area (Å²) in [5, 5.41) is 9.50. The van der Waals surface area contributed by atoms with Gasteiger partial charge < -0.3 is 28.4 Å². The van der Waals surface area contributed by atoms with Gasteiger partial charge in [0.25, 0.3) is 5.56 Å². The highest BCUT2D eigenvalue weighted by Gasteiger charge is 2.34. The number of halogens is 1. The topological polar surface area (TPSA) is 148 Å². The fraction of sp³-hybridized carbons (Fsp3) is 0.289. The Morgan fingerprint density at radius 2 is 1.73 bits per heavy atom. The summed E-state index contributed by atoms with van der Waals surface area (Å²) < 4.78 is 36.4. The van der Waals surface area contributed by atoms with Crippen LogP contribution in [0, 0.1) is 14.9 Å². The lowest BCUT2D eigenvalue weighted by Crippen LogP contribution is -2.40. The average Bonchev–Trinajstić information content (AvgIpc) is 3.43. The van der Waals surface area contributed by atoms with Crippen LogP contribution in [0.1, 0.15) is 56.0 Å². The zero-order valence-corrected chi connectivity index (χ0v) is 32.2. The molecule has 2 heterocycles. The van der Waals surface area contributed by atoms with E-state index in [1.807, 2.05) is 25.1 Å². The molecule has 1 aromatic heterocycles. The number of rotatable bonds is 14. The lowest BCUT2D eigenvalue weighted by Gasteiger charge is -2.25. The molecule has 0 saturated heterocycles. The second-order valence-corrected chi connectivity index (χ2v) is 13.3. The first kappa shape index (κ1) is 38.1. The molecule has 12 nitrogen and oxygen atoms in total. The van der Waals surface area contributed by atoms with Gasteiger partial charge in [0.1, 0.15) is 6.61 Å². The number of methoxy groups -OCH3 is 1. The van der Waals surface area contributed by atoms with Crippen LogP contribution in [0.3, 0.4) is 0 Å². The van der Waals surface area contributed by atoms with Crippen molar-refractivity contribution in [3.05, 3.63) is 111 Å². The number of carbonyl (C=O) groups excluding carboxylic acids is 2. The van der Waals surface area contributed by atoms with Crippen LogP contribution in [0.25, 0.3) is 6.08 Å². The third kappa shape index (κ3) is 8.32. The van der Waals surface area contributed by atoms with Gasteiger partial charge in [-0.1, -0.05) is 35.6 Å². The maximum Gasteiger partial charge on any atom is 0.343 e. The number of allylic oxidation sites excluding steroid dienone is 1. The minimum atomic E-state index is -0.905. The molecule has 0 N–H and O–H groups in total. The highest BCUT2D eigenvalue weighted by molar-refractivity contribution is 14.1. The highest BCUT2D eigenvalue weighted by Crippen LogP contribution is 2.37.